The fourth-order valence-corrected chi connectivity index (χ4v) is 2.70. The summed E-state index contributed by atoms with van der Waals surface area (Å²) in [5.41, 5.74) is 0.927. The van der Waals surface area contributed by atoms with Crippen LogP contribution in [0.2, 0.25) is 0 Å². The van der Waals surface area contributed by atoms with Crippen molar-refractivity contribution in [3.05, 3.63) is 70.5 Å². The Balaban J connectivity index is 2.05. The minimum atomic E-state index is -1.04. The van der Waals surface area contributed by atoms with Gasteiger partial charge in [-0.1, -0.05) is 28.1 Å². The van der Waals surface area contributed by atoms with Crippen LogP contribution in [-0.4, -0.2) is 22.3 Å². The molecule has 0 bridgehead atoms. The summed E-state index contributed by atoms with van der Waals surface area (Å²) in [4.78, 5) is 22.7. The first-order valence-electron chi connectivity index (χ1n) is 8.46. The molecule has 0 saturated heterocycles. The molecule has 0 radical (unpaired) electrons. The molecule has 2 rings (SSSR count). The number of halogens is 2. The van der Waals surface area contributed by atoms with Crippen LogP contribution in [0, 0.1) is 5.82 Å². The second-order valence-electron chi connectivity index (χ2n) is 5.91. The number of carboxylic acids is 1. The summed E-state index contributed by atoms with van der Waals surface area (Å²) in [5, 5.41) is 20.6. The summed E-state index contributed by atoms with van der Waals surface area (Å²) in [5.74, 6) is -2.35. The highest BCUT2D eigenvalue weighted by molar-refractivity contribution is 9.10. The lowest BCUT2D eigenvalue weighted by molar-refractivity contribution is -0.131. The topological polar surface area (TPSA) is 95.9 Å². The van der Waals surface area contributed by atoms with E-state index in [2.05, 4.69) is 21.2 Å². The van der Waals surface area contributed by atoms with Crippen molar-refractivity contribution in [1.82, 2.24) is 0 Å². The molecule has 3 N–H and O–H groups in total. The molecule has 0 saturated carbocycles. The van der Waals surface area contributed by atoms with Gasteiger partial charge in [-0.15, -0.1) is 0 Å². The number of aliphatic carboxylic acids is 1. The number of anilines is 1. The minimum absolute atomic E-state index is 0.349. The summed E-state index contributed by atoms with van der Waals surface area (Å²) in [7, 11) is 0. The second-order valence-corrected chi connectivity index (χ2v) is 6.82. The van der Waals surface area contributed by atoms with Gasteiger partial charge in [-0.2, -0.15) is 0 Å². The molecule has 0 heterocycles. The SMILES string of the molecule is O=C(O)/C=C/CCC[C@H](OC(=O)Nc1ccc(Br)cc1)c1ccc(O)c(F)c1. The van der Waals surface area contributed by atoms with E-state index >= 15 is 0 Å². The molecule has 8 heteroatoms. The largest absolute Gasteiger partial charge is 0.505 e. The van der Waals surface area contributed by atoms with Gasteiger partial charge < -0.3 is 14.9 Å². The molecule has 0 aliphatic rings. The molecular weight excluding hydrogens is 433 g/mol. The van der Waals surface area contributed by atoms with Gasteiger partial charge in [0.05, 0.1) is 0 Å². The Morgan fingerprint density at radius 3 is 2.57 bits per heavy atom. The van der Waals surface area contributed by atoms with Crippen LogP contribution in [0.4, 0.5) is 14.9 Å². The predicted octanol–water partition coefficient (Wildman–Crippen LogP) is 5.39. The number of ether oxygens (including phenoxy) is 1. The summed E-state index contributed by atoms with van der Waals surface area (Å²) >= 11 is 3.30. The molecule has 1 atom stereocenters. The third-order valence-corrected chi connectivity index (χ3v) is 4.31. The number of carboxylic acid groups (broad SMARTS) is 1. The summed E-state index contributed by atoms with van der Waals surface area (Å²) in [6, 6.07) is 10.7. The number of amides is 1. The second kappa shape index (κ2) is 10.5. The van der Waals surface area contributed by atoms with Crippen molar-refractivity contribution in [3.8, 4) is 5.75 Å². The van der Waals surface area contributed by atoms with E-state index in [4.69, 9.17) is 9.84 Å². The van der Waals surface area contributed by atoms with E-state index in [1.165, 1.54) is 18.2 Å². The number of unbranched alkanes of at least 4 members (excludes halogenated alkanes) is 1. The smallest absolute Gasteiger partial charge is 0.412 e. The van der Waals surface area contributed by atoms with E-state index in [9.17, 15) is 19.1 Å². The Morgan fingerprint density at radius 1 is 1.21 bits per heavy atom. The Labute approximate surface area is 169 Å². The molecule has 6 nitrogen and oxygen atoms in total. The number of rotatable bonds is 8. The molecule has 0 aliphatic carbocycles. The first-order chi connectivity index (χ1) is 13.3. The van der Waals surface area contributed by atoms with Crippen LogP contribution in [0.1, 0.15) is 30.9 Å². The first kappa shape index (κ1) is 21.4. The zero-order chi connectivity index (χ0) is 20.5. The number of carbonyl (C=O) groups excluding carboxylic acids is 1. The molecule has 0 aliphatic heterocycles. The maximum Gasteiger partial charge on any atom is 0.412 e. The van der Waals surface area contributed by atoms with Crippen molar-refractivity contribution < 1.29 is 28.9 Å². The van der Waals surface area contributed by atoms with Crippen molar-refractivity contribution in [1.29, 1.82) is 0 Å². The molecule has 0 spiro atoms. The zero-order valence-electron chi connectivity index (χ0n) is 14.8. The molecule has 1 amide bonds. The summed E-state index contributed by atoms with van der Waals surface area (Å²) in [6.07, 6.45) is 2.39. The van der Waals surface area contributed by atoms with Crippen molar-refractivity contribution in [2.45, 2.75) is 25.4 Å². The molecule has 0 aromatic heterocycles. The van der Waals surface area contributed by atoms with Crippen molar-refractivity contribution in [2.24, 2.45) is 0 Å². The lowest BCUT2D eigenvalue weighted by Gasteiger charge is -2.19. The monoisotopic (exact) mass is 451 g/mol. The number of hydrogen-bond donors (Lipinski definition) is 3. The highest BCUT2D eigenvalue weighted by Crippen LogP contribution is 2.28. The number of hydrogen-bond acceptors (Lipinski definition) is 4. The maximum absolute atomic E-state index is 13.7. The molecule has 2 aromatic carbocycles. The fraction of sp³-hybridized carbons (Fsp3) is 0.200. The lowest BCUT2D eigenvalue weighted by atomic mass is 10.0. The number of benzene rings is 2. The van der Waals surface area contributed by atoms with E-state index in [1.54, 1.807) is 24.3 Å². The van der Waals surface area contributed by atoms with Crippen LogP contribution in [0.5, 0.6) is 5.75 Å². The molecule has 0 fully saturated rings. The maximum atomic E-state index is 13.7. The number of nitrogens with one attached hydrogen (secondary N) is 1. The summed E-state index contributed by atoms with van der Waals surface area (Å²) in [6.45, 7) is 0. The highest BCUT2D eigenvalue weighted by Gasteiger charge is 2.18. The molecule has 148 valence electrons. The van der Waals surface area contributed by atoms with E-state index in [1.807, 2.05) is 0 Å². The van der Waals surface area contributed by atoms with Gasteiger partial charge in [-0.25, -0.2) is 14.0 Å². The summed E-state index contributed by atoms with van der Waals surface area (Å²) < 4.78 is 20.0. The van der Waals surface area contributed by atoms with E-state index in [0.717, 1.165) is 16.6 Å². The lowest BCUT2D eigenvalue weighted by Crippen LogP contribution is -2.17. The molecule has 2 aromatic rings. The predicted molar refractivity (Wildman–Crippen MR) is 106 cm³/mol. The fourth-order valence-electron chi connectivity index (χ4n) is 2.43. The van der Waals surface area contributed by atoms with Gasteiger partial charge in [0.25, 0.3) is 0 Å². The Bertz CT molecular complexity index is 854. The van der Waals surface area contributed by atoms with Gasteiger partial charge in [-0.05, 0) is 61.2 Å². The normalized spacial score (nSPS) is 11.9. The van der Waals surface area contributed by atoms with Gasteiger partial charge in [-0.3, -0.25) is 5.32 Å². The van der Waals surface area contributed by atoms with Crippen LogP contribution in [-0.2, 0) is 9.53 Å². The minimum Gasteiger partial charge on any atom is -0.505 e. The number of allylic oxidation sites excluding steroid dienone is 1. The Hall–Kier alpha value is -2.87. The van der Waals surface area contributed by atoms with Crippen molar-refractivity contribution >= 4 is 33.7 Å². The van der Waals surface area contributed by atoms with Gasteiger partial charge in [0.2, 0.25) is 0 Å². The van der Waals surface area contributed by atoms with Gasteiger partial charge >= 0.3 is 12.1 Å². The number of aromatic hydroxyl groups is 1. The van der Waals surface area contributed by atoms with Crippen molar-refractivity contribution in [2.75, 3.05) is 5.32 Å². The Morgan fingerprint density at radius 2 is 1.93 bits per heavy atom. The molecule has 28 heavy (non-hydrogen) atoms. The Kier molecular flexibility index (Phi) is 8.01. The van der Waals surface area contributed by atoms with Gasteiger partial charge in [0.1, 0.15) is 6.10 Å². The number of carbonyl (C=O) groups is 2. The quantitative estimate of drug-likeness (QED) is 0.369. The van der Waals surface area contributed by atoms with Crippen LogP contribution < -0.4 is 5.32 Å². The third-order valence-electron chi connectivity index (χ3n) is 3.78. The molecular formula is C20H19BrFNO5. The van der Waals surface area contributed by atoms with E-state index in [0.29, 0.717) is 30.5 Å². The van der Waals surface area contributed by atoms with Crippen LogP contribution >= 0.6 is 15.9 Å². The third kappa shape index (κ3) is 7.03. The van der Waals surface area contributed by atoms with Crippen LogP contribution in [0.3, 0.4) is 0 Å². The average Bonchev–Trinajstić information content (AvgIpc) is 2.64. The van der Waals surface area contributed by atoms with Gasteiger partial charge in [0, 0.05) is 16.2 Å². The van der Waals surface area contributed by atoms with E-state index in [-0.39, 0.29) is 0 Å². The number of phenolic OH excluding ortho intramolecular Hbond substituents is 1. The number of phenols is 1. The highest BCUT2D eigenvalue weighted by atomic mass is 79.9. The first-order valence-corrected chi connectivity index (χ1v) is 9.25. The average molecular weight is 452 g/mol. The zero-order valence-corrected chi connectivity index (χ0v) is 16.4. The van der Waals surface area contributed by atoms with Crippen LogP contribution in [0.25, 0.3) is 0 Å². The van der Waals surface area contributed by atoms with Gasteiger partial charge in [0.15, 0.2) is 11.6 Å². The van der Waals surface area contributed by atoms with Crippen molar-refractivity contribution in [3.63, 3.8) is 0 Å². The van der Waals surface area contributed by atoms with E-state index < -0.39 is 29.7 Å². The molecule has 0 unspecified atom stereocenters. The van der Waals surface area contributed by atoms with Crippen LogP contribution in [0.15, 0.2) is 59.1 Å². The standard InChI is InChI=1S/C20H19BrFNO5/c21-14-7-9-15(10-8-14)23-20(27)28-18(4-2-1-3-5-19(25)26)13-6-11-17(24)16(22)12-13/h3,5-12,18,24H,1-2,4H2,(H,23,27)(H,25,26)/b5-3+/t18-/m0/s1.